The summed E-state index contributed by atoms with van der Waals surface area (Å²) < 4.78 is 0.750. The molecule has 1 heterocycles. The third kappa shape index (κ3) is 3.24. The predicted octanol–water partition coefficient (Wildman–Crippen LogP) is 2.79. The van der Waals surface area contributed by atoms with Crippen molar-refractivity contribution in [2.24, 2.45) is 10.9 Å². The van der Waals surface area contributed by atoms with Gasteiger partial charge in [0.1, 0.15) is 0 Å². The van der Waals surface area contributed by atoms with Gasteiger partial charge in [0.05, 0.1) is 0 Å². The fourth-order valence-electron chi connectivity index (χ4n) is 1.42. The van der Waals surface area contributed by atoms with Crippen LogP contribution < -0.4 is 5.73 Å². The van der Waals surface area contributed by atoms with Gasteiger partial charge in [0, 0.05) is 27.3 Å². The second-order valence-corrected chi connectivity index (χ2v) is 5.61. The predicted molar refractivity (Wildman–Crippen MR) is 77.5 cm³/mol. The van der Waals surface area contributed by atoms with Gasteiger partial charge in [-0.1, -0.05) is 11.2 Å². The van der Waals surface area contributed by atoms with Gasteiger partial charge in [-0.25, -0.2) is 9.97 Å². The van der Waals surface area contributed by atoms with Gasteiger partial charge in [-0.05, 0) is 52.3 Å². The normalized spacial score (nSPS) is 11.6. The maximum absolute atomic E-state index is 8.84. The summed E-state index contributed by atoms with van der Waals surface area (Å²) in [4.78, 5) is 9.26. The van der Waals surface area contributed by atoms with Crippen LogP contribution in [0.4, 0.5) is 0 Å². The molecule has 0 radical (unpaired) electrons. The minimum atomic E-state index is 0.0436. The summed E-state index contributed by atoms with van der Waals surface area (Å²) in [5, 5.41) is 12.5. The minimum Gasteiger partial charge on any atom is -0.409 e. The summed E-state index contributed by atoms with van der Waals surface area (Å²) in [6, 6.07) is 5.56. The van der Waals surface area contributed by atoms with Crippen molar-refractivity contribution in [3.05, 3.63) is 46.2 Å². The lowest BCUT2D eigenvalue weighted by Crippen LogP contribution is -2.15. The van der Waals surface area contributed by atoms with Crippen molar-refractivity contribution in [1.29, 1.82) is 0 Å². The van der Waals surface area contributed by atoms with E-state index in [9.17, 15) is 0 Å². The fourth-order valence-corrected chi connectivity index (χ4v) is 2.99. The van der Waals surface area contributed by atoms with Crippen molar-refractivity contribution < 1.29 is 5.21 Å². The first-order valence-corrected chi connectivity index (χ1v) is 6.95. The molecule has 0 spiro atoms. The zero-order chi connectivity index (χ0) is 13.8. The SMILES string of the molecule is Cc1cnc(Sc2cccc(Br)c2/C(N)=N/O)nc1. The first kappa shape index (κ1) is 13.8. The summed E-state index contributed by atoms with van der Waals surface area (Å²) in [7, 11) is 0. The molecule has 3 N–H and O–H groups in total. The quantitative estimate of drug-likeness (QED) is 0.295. The summed E-state index contributed by atoms with van der Waals surface area (Å²) in [5.74, 6) is 0.0436. The fraction of sp³-hybridized carbons (Fsp3) is 0.0833. The average molecular weight is 339 g/mol. The molecular formula is C12H11BrN4OS. The molecule has 0 bridgehead atoms. The number of aryl methyl sites for hydroxylation is 1. The molecule has 1 aromatic carbocycles. The summed E-state index contributed by atoms with van der Waals surface area (Å²) in [5.41, 5.74) is 7.31. The van der Waals surface area contributed by atoms with Crippen molar-refractivity contribution in [1.82, 2.24) is 9.97 Å². The number of halogens is 1. The third-order valence-corrected chi connectivity index (χ3v) is 3.91. The Kier molecular flexibility index (Phi) is 4.39. The first-order chi connectivity index (χ1) is 9.11. The minimum absolute atomic E-state index is 0.0436. The molecule has 0 aliphatic heterocycles. The summed E-state index contributed by atoms with van der Waals surface area (Å²) in [6.45, 7) is 1.93. The van der Waals surface area contributed by atoms with Crippen LogP contribution in [0.3, 0.4) is 0 Å². The molecule has 0 saturated carbocycles. The monoisotopic (exact) mass is 338 g/mol. The van der Waals surface area contributed by atoms with Crippen molar-refractivity contribution in [3.8, 4) is 0 Å². The molecule has 0 fully saturated rings. The second kappa shape index (κ2) is 6.03. The van der Waals surface area contributed by atoms with Crippen LogP contribution in [0.15, 0.2) is 50.3 Å². The Bertz CT molecular complexity index is 616. The van der Waals surface area contributed by atoms with E-state index in [1.54, 1.807) is 12.4 Å². The Morgan fingerprint density at radius 1 is 1.37 bits per heavy atom. The van der Waals surface area contributed by atoms with E-state index in [4.69, 9.17) is 10.9 Å². The van der Waals surface area contributed by atoms with E-state index in [1.807, 2.05) is 25.1 Å². The molecule has 5 nitrogen and oxygen atoms in total. The molecule has 0 aliphatic rings. The van der Waals surface area contributed by atoms with Crippen LogP contribution in [0.2, 0.25) is 0 Å². The lowest BCUT2D eigenvalue weighted by Gasteiger charge is -2.09. The average Bonchev–Trinajstić information content (AvgIpc) is 2.41. The van der Waals surface area contributed by atoms with Gasteiger partial charge in [0.2, 0.25) is 0 Å². The highest BCUT2D eigenvalue weighted by Crippen LogP contribution is 2.31. The van der Waals surface area contributed by atoms with Crippen LogP contribution in [-0.2, 0) is 0 Å². The van der Waals surface area contributed by atoms with E-state index in [0.29, 0.717) is 10.7 Å². The van der Waals surface area contributed by atoms with Crippen molar-refractivity contribution in [2.45, 2.75) is 17.0 Å². The Labute approximate surface area is 123 Å². The zero-order valence-corrected chi connectivity index (χ0v) is 12.4. The third-order valence-electron chi connectivity index (χ3n) is 2.30. The largest absolute Gasteiger partial charge is 0.409 e. The summed E-state index contributed by atoms with van der Waals surface area (Å²) >= 11 is 4.74. The number of rotatable bonds is 3. The van der Waals surface area contributed by atoms with Crippen LogP contribution in [-0.4, -0.2) is 21.0 Å². The molecule has 1 aromatic heterocycles. The highest BCUT2D eigenvalue weighted by atomic mass is 79.9. The molecule has 2 aromatic rings. The number of amidine groups is 1. The van der Waals surface area contributed by atoms with Gasteiger partial charge in [0.25, 0.3) is 0 Å². The lowest BCUT2D eigenvalue weighted by atomic mass is 10.2. The molecule has 0 unspecified atom stereocenters. The van der Waals surface area contributed by atoms with Gasteiger partial charge < -0.3 is 10.9 Å². The van der Waals surface area contributed by atoms with E-state index in [2.05, 4.69) is 31.1 Å². The van der Waals surface area contributed by atoms with Crippen molar-refractivity contribution >= 4 is 33.5 Å². The highest BCUT2D eigenvalue weighted by molar-refractivity contribution is 9.10. The Balaban J connectivity index is 2.40. The number of benzene rings is 1. The van der Waals surface area contributed by atoms with E-state index < -0.39 is 0 Å². The molecule has 0 atom stereocenters. The molecule has 0 saturated heterocycles. The van der Waals surface area contributed by atoms with Crippen LogP contribution >= 0.6 is 27.7 Å². The maximum Gasteiger partial charge on any atom is 0.192 e. The number of nitrogens with two attached hydrogens (primary N) is 1. The molecule has 98 valence electrons. The molecule has 19 heavy (non-hydrogen) atoms. The van der Waals surface area contributed by atoms with Crippen molar-refractivity contribution in [2.75, 3.05) is 0 Å². The molecule has 0 aliphatic carbocycles. The standard InChI is InChI=1S/C12H11BrN4OS/c1-7-5-15-12(16-6-7)19-9-4-2-3-8(13)10(9)11(14)17-18/h2-6,18H,1H3,(H2,14,17). The smallest absolute Gasteiger partial charge is 0.192 e. The summed E-state index contributed by atoms with van der Waals surface area (Å²) in [6.07, 6.45) is 3.49. The number of hydrogen-bond donors (Lipinski definition) is 2. The van der Waals surface area contributed by atoms with E-state index >= 15 is 0 Å². The molecule has 0 amide bonds. The van der Waals surface area contributed by atoms with Crippen molar-refractivity contribution in [3.63, 3.8) is 0 Å². The van der Waals surface area contributed by atoms with Crippen LogP contribution in [0.5, 0.6) is 0 Å². The Morgan fingerprint density at radius 2 is 2.05 bits per heavy atom. The Morgan fingerprint density at radius 3 is 2.68 bits per heavy atom. The van der Waals surface area contributed by atoms with Gasteiger partial charge >= 0.3 is 0 Å². The van der Waals surface area contributed by atoms with E-state index in [1.165, 1.54) is 11.8 Å². The van der Waals surface area contributed by atoms with E-state index in [0.717, 1.165) is 14.9 Å². The maximum atomic E-state index is 8.84. The van der Waals surface area contributed by atoms with E-state index in [-0.39, 0.29) is 5.84 Å². The van der Waals surface area contributed by atoms with Gasteiger partial charge in [-0.15, -0.1) is 0 Å². The number of nitrogens with zero attached hydrogens (tertiary/aromatic N) is 3. The number of aromatic nitrogens is 2. The topological polar surface area (TPSA) is 84.4 Å². The van der Waals surface area contributed by atoms with Gasteiger partial charge in [0.15, 0.2) is 11.0 Å². The second-order valence-electron chi connectivity index (χ2n) is 3.74. The highest BCUT2D eigenvalue weighted by Gasteiger charge is 2.13. The van der Waals surface area contributed by atoms with Crippen LogP contribution in [0.1, 0.15) is 11.1 Å². The molecule has 7 heteroatoms. The zero-order valence-electron chi connectivity index (χ0n) is 10.0. The van der Waals surface area contributed by atoms with Gasteiger partial charge in [-0.3, -0.25) is 0 Å². The Hall–Kier alpha value is -1.60. The first-order valence-electron chi connectivity index (χ1n) is 5.34. The number of hydrogen-bond acceptors (Lipinski definition) is 5. The van der Waals surface area contributed by atoms with Crippen LogP contribution in [0, 0.1) is 6.92 Å². The lowest BCUT2D eigenvalue weighted by molar-refractivity contribution is 0.318. The van der Waals surface area contributed by atoms with Gasteiger partial charge in [-0.2, -0.15) is 0 Å². The molecular weight excluding hydrogens is 328 g/mol. The number of oxime groups is 1. The molecule has 2 rings (SSSR count). The van der Waals surface area contributed by atoms with Crippen LogP contribution in [0.25, 0.3) is 0 Å².